The average molecular weight is 316 g/mol. The standard InChI is InChI=1S/C10H14OS2.C6H15N/c1-2-3-4-5-9-6-8(11)7-10(12)13-9;1-5(2)7-6(3)4/h6-7,12H,2-5H2,1H3;5-7H,1-4H3. The van der Waals surface area contributed by atoms with E-state index in [1.165, 1.54) is 19.3 Å². The van der Waals surface area contributed by atoms with E-state index in [-0.39, 0.29) is 5.43 Å². The Labute approximate surface area is 133 Å². The highest BCUT2D eigenvalue weighted by atomic mass is 32.2. The predicted octanol–water partition coefficient (Wildman–Crippen LogP) is 4.52. The van der Waals surface area contributed by atoms with Crippen molar-refractivity contribution < 1.29 is 0 Å². The molecule has 1 aromatic heterocycles. The zero-order chi connectivity index (χ0) is 15.5. The molecule has 0 aliphatic rings. The van der Waals surface area contributed by atoms with Crippen molar-refractivity contribution >= 4 is 24.0 Å². The number of hydrogen-bond acceptors (Lipinski definition) is 4. The lowest BCUT2D eigenvalue weighted by Gasteiger charge is -2.10. The Morgan fingerprint density at radius 3 is 2.15 bits per heavy atom. The third-order valence-electron chi connectivity index (χ3n) is 2.50. The highest BCUT2D eigenvalue weighted by Gasteiger charge is 1.97. The van der Waals surface area contributed by atoms with Gasteiger partial charge in [-0.1, -0.05) is 47.5 Å². The Morgan fingerprint density at radius 2 is 1.75 bits per heavy atom. The Morgan fingerprint density at radius 1 is 1.15 bits per heavy atom. The van der Waals surface area contributed by atoms with Gasteiger partial charge in [0.05, 0.1) is 4.21 Å². The Kier molecular flexibility index (Phi) is 11.2. The lowest BCUT2D eigenvalue weighted by molar-refractivity contribution is 0.518. The van der Waals surface area contributed by atoms with Crippen molar-refractivity contribution in [1.82, 2.24) is 5.32 Å². The van der Waals surface area contributed by atoms with Crippen LogP contribution in [0.5, 0.6) is 0 Å². The predicted molar refractivity (Wildman–Crippen MR) is 94.5 cm³/mol. The van der Waals surface area contributed by atoms with Gasteiger partial charge >= 0.3 is 0 Å². The summed E-state index contributed by atoms with van der Waals surface area (Å²) in [4.78, 5) is 12.3. The third kappa shape index (κ3) is 11.5. The van der Waals surface area contributed by atoms with E-state index in [0.29, 0.717) is 12.1 Å². The second-order valence-electron chi connectivity index (χ2n) is 5.53. The molecule has 0 bridgehead atoms. The minimum absolute atomic E-state index is 0.0789. The molecule has 20 heavy (non-hydrogen) atoms. The molecule has 0 fully saturated rings. The van der Waals surface area contributed by atoms with Crippen molar-refractivity contribution in [2.75, 3.05) is 0 Å². The van der Waals surface area contributed by atoms with Crippen LogP contribution in [0.4, 0.5) is 0 Å². The van der Waals surface area contributed by atoms with Gasteiger partial charge in [0.1, 0.15) is 0 Å². The van der Waals surface area contributed by atoms with Gasteiger partial charge in [0.25, 0.3) is 0 Å². The van der Waals surface area contributed by atoms with Gasteiger partial charge in [-0.3, -0.25) is 4.79 Å². The molecule has 0 spiro atoms. The molecule has 0 unspecified atom stereocenters. The van der Waals surface area contributed by atoms with E-state index in [0.717, 1.165) is 15.5 Å². The molecule has 1 rings (SSSR count). The quantitative estimate of drug-likeness (QED) is 0.597. The summed E-state index contributed by atoms with van der Waals surface area (Å²) < 4.78 is 0.819. The molecule has 0 aliphatic carbocycles. The molecule has 0 radical (unpaired) electrons. The molecule has 0 amide bonds. The summed E-state index contributed by atoms with van der Waals surface area (Å²) in [5.74, 6) is 0. The van der Waals surface area contributed by atoms with Crippen LogP contribution < -0.4 is 10.7 Å². The smallest absolute Gasteiger partial charge is 0.181 e. The van der Waals surface area contributed by atoms with Crippen LogP contribution in [-0.2, 0) is 6.42 Å². The highest BCUT2D eigenvalue weighted by molar-refractivity contribution is 7.82. The third-order valence-corrected chi connectivity index (χ3v) is 3.81. The highest BCUT2D eigenvalue weighted by Crippen LogP contribution is 2.16. The summed E-state index contributed by atoms with van der Waals surface area (Å²) in [6.45, 7) is 10.8. The summed E-state index contributed by atoms with van der Waals surface area (Å²) in [6.07, 6.45) is 4.64. The van der Waals surface area contributed by atoms with Gasteiger partial charge in [-0.25, -0.2) is 0 Å². The van der Waals surface area contributed by atoms with Crippen molar-refractivity contribution in [1.29, 1.82) is 0 Å². The second-order valence-corrected chi connectivity index (χ2v) is 7.48. The van der Waals surface area contributed by atoms with Crippen LogP contribution >= 0.6 is 24.0 Å². The fraction of sp³-hybridized carbons (Fsp3) is 0.688. The largest absolute Gasteiger partial charge is 0.312 e. The maximum Gasteiger partial charge on any atom is 0.181 e. The molecular formula is C16H29NOS2. The van der Waals surface area contributed by atoms with Crippen molar-refractivity contribution in [2.45, 2.75) is 76.6 Å². The van der Waals surface area contributed by atoms with Gasteiger partial charge in [0.2, 0.25) is 0 Å². The second kappa shape index (κ2) is 11.4. The molecule has 1 N–H and O–H groups in total. The van der Waals surface area contributed by atoms with Crippen LogP contribution in [0.15, 0.2) is 21.1 Å². The summed E-state index contributed by atoms with van der Waals surface area (Å²) in [6, 6.07) is 4.54. The minimum atomic E-state index is 0.0789. The van der Waals surface area contributed by atoms with E-state index in [9.17, 15) is 4.79 Å². The fourth-order valence-corrected chi connectivity index (χ4v) is 3.20. The SMILES string of the molecule is CC(C)NC(C)C.CCCCCc1cc(=O)cc(S)s1. The minimum Gasteiger partial charge on any atom is -0.312 e. The first kappa shape index (κ1) is 19.7. The summed E-state index contributed by atoms with van der Waals surface area (Å²) in [5.41, 5.74) is 0.0789. The molecule has 0 saturated heterocycles. The molecule has 2 nitrogen and oxygen atoms in total. The van der Waals surface area contributed by atoms with Gasteiger partial charge in [-0.05, 0) is 18.9 Å². The zero-order valence-electron chi connectivity index (χ0n) is 13.4. The van der Waals surface area contributed by atoms with Crippen molar-refractivity contribution in [3.05, 3.63) is 27.2 Å². The number of nitrogens with one attached hydrogen (secondary N) is 1. The number of hydrogen-bond donors (Lipinski definition) is 2. The van der Waals surface area contributed by atoms with E-state index in [4.69, 9.17) is 0 Å². The Bertz CT molecular complexity index is 407. The topological polar surface area (TPSA) is 29.1 Å². The maximum absolute atomic E-state index is 11.1. The van der Waals surface area contributed by atoms with Crippen molar-refractivity contribution in [3.63, 3.8) is 0 Å². The summed E-state index contributed by atoms with van der Waals surface area (Å²) in [7, 11) is 0. The lowest BCUT2D eigenvalue weighted by Crippen LogP contribution is -2.29. The fourth-order valence-electron chi connectivity index (χ4n) is 1.85. The first-order chi connectivity index (χ1) is 9.35. The molecule has 0 saturated carbocycles. The number of aryl methyl sites for hydroxylation is 1. The summed E-state index contributed by atoms with van der Waals surface area (Å²) >= 11 is 5.79. The normalized spacial score (nSPS) is 10.6. The lowest BCUT2D eigenvalue weighted by atomic mass is 10.2. The number of thiol groups is 1. The van der Waals surface area contributed by atoms with E-state index in [1.807, 2.05) is 0 Å². The molecule has 4 heteroatoms. The molecule has 116 valence electrons. The van der Waals surface area contributed by atoms with E-state index in [2.05, 4.69) is 52.6 Å². The van der Waals surface area contributed by atoms with Crippen LogP contribution in [-0.4, -0.2) is 12.1 Å². The van der Waals surface area contributed by atoms with Gasteiger partial charge in [-0.2, -0.15) is 0 Å². The van der Waals surface area contributed by atoms with Gasteiger partial charge in [-0.15, -0.1) is 24.0 Å². The molecule has 1 heterocycles. The molecular weight excluding hydrogens is 286 g/mol. The van der Waals surface area contributed by atoms with Gasteiger partial charge in [0.15, 0.2) is 5.43 Å². The van der Waals surface area contributed by atoms with E-state index < -0.39 is 0 Å². The van der Waals surface area contributed by atoms with Crippen LogP contribution in [0.3, 0.4) is 0 Å². The Balaban J connectivity index is 0.000000441. The number of unbranched alkanes of at least 4 members (excludes halogenated alkanes) is 2. The molecule has 0 atom stereocenters. The Hall–Kier alpha value is -0.320. The molecule has 1 aromatic rings. The maximum atomic E-state index is 11.1. The monoisotopic (exact) mass is 315 g/mol. The van der Waals surface area contributed by atoms with Crippen LogP contribution in [0.25, 0.3) is 0 Å². The van der Waals surface area contributed by atoms with Crippen molar-refractivity contribution in [2.24, 2.45) is 0 Å². The number of rotatable bonds is 6. The molecule has 0 aromatic carbocycles. The molecule has 0 aliphatic heterocycles. The van der Waals surface area contributed by atoms with Crippen LogP contribution in [0, 0.1) is 0 Å². The van der Waals surface area contributed by atoms with Crippen LogP contribution in [0.2, 0.25) is 0 Å². The van der Waals surface area contributed by atoms with Crippen LogP contribution in [0.1, 0.15) is 58.8 Å². The van der Waals surface area contributed by atoms with Gasteiger partial charge in [0, 0.05) is 23.0 Å². The first-order valence-electron chi connectivity index (χ1n) is 7.44. The first-order valence-corrected chi connectivity index (χ1v) is 8.70. The van der Waals surface area contributed by atoms with E-state index in [1.54, 1.807) is 23.5 Å². The van der Waals surface area contributed by atoms with E-state index >= 15 is 0 Å². The average Bonchev–Trinajstić information content (AvgIpc) is 2.26. The van der Waals surface area contributed by atoms with Gasteiger partial charge < -0.3 is 5.32 Å². The zero-order valence-corrected chi connectivity index (χ0v) is 15.1. The van der Waals surface area contributed by atoms with Crippen molar-refractivity contribution in [3.8, 4) is 0 Å². The summed E-state index contributed by atoms with van der Waals surface area (Å²) in [5, 5.41) is 3.31.